The molecule has 0 atom stereocenters. The standard InChI is InChI=1S/C20H21N3O3/c1-25-17-9-7-14(13-18(17)26-2)8-10-20(24)21-12-11-19-22-15-5-3-4-6-16(15)23-19/h3-10,13H,11-12H2,1-2H3,(H,21,24)(H,22,23)/b10-8-. The van der Waals surface area contributed by atoms with Crippen molar-refractivity contribution in [1.82, 2.24) is 15.3 Å². The van der Waals surface area contributed by atoms with Gasteiger partial charge in [0.2, 0.25) is 5.91 Å². The van der Waals surface area contributed by atoms with E-state index in [0.717, 1.165) is 22.4 Å². The molecule has 3 rings (SSSR count). The van der Waals surface area contributed by atoms with E-state index in [9.17, 15) is 4.79 Å². The number of nitrogens with one attached hydrogen (secondary N) is 2. The largest absolute Gasteiger partial charge is 0.493 e. The molecule has 2 aromatic carbocycles. The molecule has 0 bridgehead atoms. The summed E-state index contributed by atoms with van der Waals surface area (Å²) in [6, 6.07) is 13.3. The number of carbonyl (C=O) groups is 1. The average molecular weight is 351 g/mol. The first kappa shape index (κ1) is 17.5. The molecule has 0 saturated heterocycles. The fraction of sp³-hybridized carbons (Fsp3) is 0.200. The van der Waals surface area contributed by atoms with Gasteiger partial charge in [-0.3, -0.25) is 4.79 Å². The number of rotatable bonds is 7. The third-order valence-electron chi connectivity index (χ3n) is 3.93. The highest BCUT2D eigenvalue weighted by Gasteiger charge is 2.04. The van der Waals surface area contributed by atoms with Crippen molar-refractivity contribution in [2.75, 3.05) is 20.8 Å². The maximum atomic E-state index is 12.0. The summed E-state index contributed by atoms with van der Waals surface area (Å²) >= 11 is 0. The summed E-state index contributed by atoms with van der Waals surface area (Å²) in [5.41, 5.74) is 2.79. The Morgan fingerprint density at radius 1 is 1.15 bits per heavy atom. The van der Waals surface area contributed by atoms with Crippen molar-refractivity contribution in [3.8, 4) is 11.5 Å². The second-order valence-corrected chi connectivity index (χ2v) is 5.69. The number of amides is 1. The zero-order valence-electron chi connectivity index (χ0n) is 14.8. The Bertz CT molecular complexity index is 898. The fourth-order valence-electron chi connectivity index (χ4n) is 2.62. The number of ether oxygens (including phenoxy) is 2. The van der Waals surface area contributed by atoms with Crippen molar-refractivity contribution in [2.24, 2.45) is 0 Å². The smallest absolute Gasteiger partial charge is 0.244 e. The predicted molar refractivity (Wildman–Crippen MR) is 101 cm³/mol. The van der Waals surface area contributed by atoms with Crippen molar-refractivity contribution in [3.63, 3.8) is 0 Å². The molecule has 1 amide bonds. The average Bonchev–Trinajstić information content (AvgIpc) is 3.08. The number of hydrogen-bond acceptors (Lipinski definition) is 4. The highest BCUT2D eigenvalue weighted by atomic mass is 16.5. The lowest BCUT2D eigenvalue weighted by Gasteiger charge is -2.07. The lowest BCUT2D eigenvalue weighted by molar-refractivity contribution is -0.116. The van der Waals surface area contributed by atoms with Gasteiger partial charge < -0.3 is 19.8 Å². The van der Waals surface area contributed by atoms with Crippen LogP contribution in [0.3, 0.4) is 0 Å². The number of carbonyl (C=O) groups excluding carboxylic acids is 1. The van der Waals surface area contributed by atoms with Crippen molar-refractivity contribution < 1.29 is 14.3 Å². The number of methoxy groups -OCH3 is 2. The summed E-state index contributed by atoms with van der Waals surface area (Å²) in [5.74, 6) is 1.98. The van der Waals surface area contributed by atoms with Crippen LogP contribution in [0.1, 0.15) is 11.4 Å². The molecule has 134 valence electrons. The van der Waals surface area contributed by atoms with Crippen LogP contribution in [-0.4, -0.2) is 36.6 Å². The van der Waals surface area contributed by atoms with Gasteiger partial charge >= 0.3 is 0 Å². The minimum atomic E-state index is -0.157. The Morgan fingerprint density at radius 2 is 1.96 bits per heavy atom. The van der Waals surface area contributed by atoms with E-state index >= 15 is 0 Å². The van der Waals surface area contributed by atoms with E-state index in [4.69, 9.17) is 9.47 Å². The molecule has 0 radical (unpaired) electrons. The van der Waals surface area contributed by atoms with Crippen molar-refractivity contribution in [1.29, 1.82) is 0 Å². The number of nitrogens with zero attached hydrogens (tertiary/aromatic N) is 1. The van der Waals surface area contributed by atoms with E-state index in [1.165, 1.54) is 6.08 Å². The van der Waals surface area contributed by atoms with Gasteiger partial charge in [-0.05, 0) is 35.9 Å². The SMILES string of the molecule is COc1ccc(/C=C\C(=O)NCCc2nc3ccccc3[nH]2)cc1OC. The van der Waals surface area contributed by atoms with E-state index in [1.54, 1.807) is 26.4 Å². The van der Waals surface area contributed by atoms with Crippen LogP contribution in [0.2, 0.25) is 0 Å². The predicted octanol–water partition coefficient (Wildman–Crippen LogP) is 2.95. The van der Waals surface area contributed by atoms with E-state index < -0.39 is 0 Å². The molecular formula is C20H21N3O3. The zero-order valence-corrected chi connectivity index (χ0v) is 14.8. The van der Waals surface area contributed by atoms with Crippen LogP contribution in [0.5, 0.6) is 11.5 Å². The first-order chi connectivity index (χ1) is 12.7. The highest BCUT2D eigenvalue weighted by molar-refractivity contribution is 5.91. The molecule has 3 aromatic rings. The molecule has 0 aliphatic rings. The maximum absolute atomic E-state index is 12.0. The molecule has 2 N–H and O–H groups in total. The molecule has 0 aliphatic heterocycles. The zero-order chi connectivity index (χ0) is 18.4. The number of benzene rings is 2. The van der Waals surface area contributed by atoms with Crippen LogP contribution in [0.4, 0.5) is 0 Å². The van der Waals surface area contributed by atoms with Crippen LogP contribution >= 0.6 is 0 Å². The number of H-pyrrole nitrogens is 1. The quantitative estimate of drug-likeness (QED) is 0.642. The molecule has 6 heteroatoms. The Hall–Kier alpha value is -3.28. The van der Waals surface area contributed by atoms with Crippen LogP contribution in [0.15, 0.2) is 48.5 Å². The Kier molecular flexibility index (Phi) is 5.53. The minimum absolute atomic E-state index is 0.157. The molecule has 0 spiro atoms. The molecule has 0 unspecified atom stereocenters. The third kappa shape index (κ3) is 4.22. The van der Waals surface area contributed by atoms with E-state index in [2.05, 4.69) is 15.3 Å². The van der Waals surface area contributed by atoms with Gasteiger partial charge in [0.15, 0.2) is 11.5 Å². The highest BCUT2D eigenvalue weighted by Crippen LogP contribution is 2.27. The van der Waals surface area contributed by atoms with Crippen LogP contribution in [0.25, 0.3) is 17.1 Å². The van der Waals surface area contributed by atoms with E-state index in [0.29, 0.717) is 24.5 Å². The van der Waals surface area contributed by atoms with Crippen molar-refractivity contribution in [3.05, 3.63) is 59.9 Å². The van der Waals surface area contributed by atoms with Crippen molar-refractivity contribution >= 4 is 23.0 Å². The number of aromatic amines is 1. The van der Waals surface area contributed by atoms with Crippen LogP contribution < -0.4 is 14.8 Å². The number of aromatic nitrogens is 2. The maximum Gasteiger partial charge on any atom is 0.244 e. The lowest BCUT2D eigenvalue weighted by Crippen LogP contribution is -2.23. The van der Waals surface area contributed by atoms with Gasteiger partial charge in [0, 0.05) is 19.0 Å². The molecule has 1 aromatic heterocycles. The van der Waals surface area contributed by atoms with Crippen LogP contribution in [0, 0.1) is 0 Å². The summed E-state index contributed by atoms with van der Waals surface area (Å²) in [7, 11) is 3.17. The number of para-hydroxylation sites is 2. The molecule has 0 fully saturated rings. The summed E-state index contributed by atoms with van der Waals surface area (Å²) in [6.07, 6.45) is 3.88. The molecule has 6 nitrogen and oxygen atoms in total. The van der Waals surface area contributed by atoms with Gasteiger partial charge in [0.05, 0.1) is 25.3 Å². The van der Waals surface area contributed by atoms with Crippen molar-refractivity contribution in [2.45, 2.75) is 6.42 Å². The first-order valence-corrected chi connectivity index (χ1v) is 8.31. The Balaban J connectivity index is 1.53. The van der Waals surface area contributed by atoms with Gasteiger partial charge in [-0.15, -0.1) is 0 Å². The molecule has 26 heavy (non-hydrogen) atoms. The molecule has 1 heterocycles. The minimum Gasteiger partial charge on any atom is -0.493 e. The number of hydrogen-bond donors (Lipinski definition) is 2. The summed E-state index contributed by atoms with van der Waals surface area (Å²) in [4.78, 5) is 19.7. The first-order valence-electron chi connectivity index (χ1n) is 8.31. The van der Waals surface area contributed by atoms with Gasteiger partial charge in [-0.2, -0.15) is 0 Å². The molecule has 0 aliphatic carbocycles. The van der Waals surface area contributed by atoms with Crippen LogP contribution in [-0.2, 0) is 11.2 Å². The van der Waals surface area contributed by atoms with E-state index in [1.807, 2.05) is 36.4 Å². The number of imidazole rings is 1. The summed E-state index contributed by atoms with van der Waals surface area (Å²) < 4.78 is 10.4. The normalized spacial score (nSPS) is 11.0. The molecular weight excluding hydrogens is 330 g/mol. The lowest BCUT2D eigenvalue weighted by atomic mass is 10.2. The Labute approximate surface area is 151 Å². The second kappa shape index (κ2) is 8.20. The van der Waals surface area contributed by atoms with Gasteiger partial charge in [0.25, 0.3) is 0 Å². The topological polar surface area (TPSA) is 76.2 Å². The molecule has 0 saturated carbocycles. The fourth-order valence-corrected chi connectivity index (χ4v) is 2.62. The van der Waals surface area contributed by atoms with E-state index in [-0.39, 0.29) is 5.91 Å². The van der Waals surface area contributed by atoms with Gasteiger partial charge in [-0.25, -0.2) is 4.98 Å². The summed E-state index contributed by atoms with van der Waals surface area (Å²) in [5, 5.41) is 2.86. The second-order valence-electron chi connectivity index (χ2n) is 5.69. The Morgan fingerprint density at radius 3 is 2.73 bits per heavy atom. The summed E-state index contributed by atoms with van der Waals surface area (Å²) in [6.45, 7) is 0.509. The van der Waals surface area contributed by atoms with Gasteiger partial charge in [-0.1, -0.05) is 18.2 Å². The third-order valence-corrected chi connectivity index (χ3v) is 3.93. The monoisotopic (exact) mass is 351 g/mol. The van der Waals surface area contributed by atoms with Gasteiger partial charge in [0.1, 0.15) is 5.82 Å². The number of fused-ring (bicyclic) bond motifs is 1.